The summed E-state index contributed by atoms with van der Waals surface area (Å²) in [5, 5.41) is 0. The van der Waals surface area contributed by atoms with E-state index in [0.29, 0.717) is 6.54 Å². The predicted molar refractivity (Wildman–Crippen MR) is 81.1 cm³/mol. The number of nitrogens with zero attached hydrogens (tertiary/aromatic N) is 2. The van der Waals surface area contributed by atoms with Crippen LogP contribution in [0.25, 0.3) is 0 Å². The molecule has 1 aromatic carbocycles. The van der Waals surface area contributed by atoms with Crippen LogP contribution in [0.1, 0.15) is 19.4 Å². The number of benzene rings is 1. The number of amides is 1. The Balaban J connectivity index is 2.38. The Morgan fingerprint density at radius 1 is 1.37 bits per heavy atom. The number of hydrogen-bond donors (Lipinski definition) is 1. The molecule has 0 radical (unpaired) electrons. The van der Waals surface area contributed by atoms with Gasteiger partial charge >= 0.3 is 0 Å². The molecule has 0 unspecified atom stereocenters. The van der Waals surface area contributed by atoms with Crippen molar-refractivity contribution in [2.24, 2.45) is 5.73 Å². The van der Waals surface area contributed by atoms with E-state index in [9.17, 15) is 4.79 Å². The van der Waals surface area contributed by atoms with Gasteiger partial charge in [0.05, 0.1) is 5.69 Å². The van der Waals surface area contributed by atoms with Crippen LogP contribution in [0.5, 0.6) is 0 Å². The van der Waals surface area contributed by atoms with Crippen molar-refractivity contribution in [3.05, 3.63) is 28.2 Å². The monoisotopic (exact) mass is 325 g/mol. The molecule has 19 heavy (non-hydrogen) atoms. The highest BCUT2D eigenvalue weighted by molar-refractivity contribution is 9.10. The number of carbonyl (C=O) groups excluding carboxylic acids is 1. The molecule has 1 amide bonds. The summed E-state index contributed by atoms with van der Waals surface area (Å²) in [4.78, 5) is 16.3. The van der Waals surface area contributed by atoms with Gasteiger partial charge in [-0.3, -0.25) is 4.79 Å². The minimum atomic E-state index is -0.528. The molecule has 1 fully saturated rings. The van der Waals surface area contributed by atoms with E-state index in [2.05, 4.69) is 20.8 Å². The van der Waals surface area contributed by atoms with E-state index in [-0.39, 0.29) is 5.91 Å². The summed E-state index contributed by atoms with van der Waals surface area (Å²) in [5.74, 6) is 0.147. The van der Waals surface area contributed by atoms with E-state index in [4.69, 9.17) is 5.73 Å². The molecule has 5 heteroatoms. The van der Waals surface area contributed by atoms with Crippen LogP contribution >= 0.6 is 15.9 Å². The van der Waals surface area contributed by atoms with Crippen LogP contribution in [0.15, 0.2) is 22.7 Å². The molecule has 1 heterocycles. The molecular formula is C14H20BrN3O. The molecule has 0 aliphatic carbocycles. The molecule has 0 bridgehead atoms. The Morgan fingerprint density at radius 2 is 2.05 bits per heavy atom. The van der Waals surface area contributed by atoms with Crippen LogP contribution in [0.2, 0.25) is 0 Å². The topological polar surface area (TPSA) is 49.6 Å². The number of hydrogen-bond acceptors (Lipinski definition) is 3. The maximum Gasteiger partial charge on any atom is 0.247 e. The highest BCUT2D eigenvalue weighted by Crippen LogP contribution is 2.34. The van der Waals surface area contributed by atoms with Gasteiger partial charge in [0.25, 0.3) is 0 Å². The van der Waals surface area contributed by atoms with Crippen molar-refractivity contribution in [1.82, 2.24) is 4.90 Å². The molecule has 1 aliphatic heterocycles. The molecule has 0 aromatic heterocycles. The fourth-order valence-corrected chi connectivity index (χ4v) is 3.17. The fourth-order valence-electron chi connectivity index (χ4n) is 2.53. The van der Waals surface area contributed by atoms with Gasteiger partial charge in [-0.05, 0) is 47.5 Å². The van der Waals surface area contributed by atoms with E-state index in [1.807, 2.05) is 39.1 Å². The first-order valence-corrected chi connectivity index (χ1v) is 7.19. The molecular weight excluding hydrogens is 306 g/mol. The first kappa shape index (κ1) is 14.3. The first-order chi connectivity index (χ1) is 8.87. The van der Waals surface area contributed by atoms with E-state index in [1.54, 1.807) is 4.90 Å². The molecule has 0 atom stereocenters. The standard InChI is InChI=1S/C14H20BrN3O/c1-14(2)13(19)17(3)6-7-18(14)12-5-4-10(9-16)8-11(12)15/h4-5,8H,6-7,9,16H2,1-3H3. The summed E-state index contributed by atoms with van der Waals surface area (Å²) in [6.07, 6.45) is 0. The number of carbonyl (C=O) groups is 1. The average Bonchev–Trinajstić information content (AvgIpc) is 2.37. The van der Waals surface area contributed by atoms with Crippen molar-refractivity contribution in [1.29, 1.82) is 0 Å². The van der Waals surface area contributed by atoms with E-state index in [0.717, 1.165) is 28.8 Å². The van der Waals surface area contributed by atoms with Crippen molar-refractivity contribution in [3.8, 4) is 0 Å². The molecule has 1 aliphatic rings. The van der Waals surface area contributed by atoms with Gasteiger partial charge in [0.2, 0.25) is 5.91 Å². The van der Waals surface area contributed by atoms with Gasteiger partial charge in [-0.1, -0.05) is 6.07 Å². The zero-order chi connectivity index (χ0) is 14.2. The van der Waals surface area contributed by atoms with Gasteiger partial charge in [-0.2, -0.15) is 0 Å². The number of anilines is 1. The SMILES string of the molecule is CN1CCN(c2ccc(CN)cc2Br)C(C)(C)C1=O. The van der Waals surface area contributed by atoms with Crippen LogP contribution < -0.4 is 10.6 Å². The second-order valence-corrected chi connectivity index (χ2v) is 6.28. The lowest BCUT2D eigenvalue weighted by molar-refractivity contribution is -0.136. The summed E-state index contributed by atoms with van der Waals surface area (Å²) in [7, 11) is 1.86. The fraction of sp³-hybridized carbons (Fsp3) is 0.500. The Bertz CT molecular complexity index is 501. The van der Waals surface area contributed by atoms with Crippen LogP contribution in [-0.4, -0.2) is 36.5 Å². The molecule has 2 rings (SSSR count). The van der Waals surface area contributed by atoms with Gasteiger partial charge in [-0.15, -0.1) is 0 Å². The number of likely N-dealkylation sites (N-methyl/N-ethyl adjacent to an activating group) is 1. The Kier molecular flexibility index (Phi) is 3.87. The third kappa shape index (κ3) is 2.49. The van der Waals surface area contributed by atoms with Crippen LogP contribution in [0, 0.1) is 0 Å². The first-order valence-electron chi connectivity index (χ1n) is 6.39. The highest BCUT2D eigenvalue weighted by Gasteiger charge is 2.41. The molecule has 4 nitrogen and oxygen atoms in total. The van der Waals surface area contributed by atoms with Crippen molar-refractivity contribution in [2.45, 2.75) is 25.9 Å². The van der Waals surface area contributed by atoms with Crippen molar-refractivity contribution in [2.75, 3.05) is 25.0 Å². The third-order valence-electron chi connectivity index (χ3n) is 3.74. The lowest BCUT2D eigenvalue weighted by Crippen LogP contribution is -2.62. The molecule has 1 saturated heterocycles. The average molecular weight is 326 g/mol. The summed E-state index contributed by atoms with van der Waals surface area (Å²) >= 11 is 3.59. The van der Waals surface area contributed by atoms with Crippen molar-refractivity contribution < 1.29 is 4.79 Å². The van der Waals surface area contributed by atoms with Gasteiger partial charge in [-0.25, -0.2) is 0 Å². The number of nitrogens with two attached hydrogens (primary N) is 1. The lowest BCUT2D eigenvalue weighted by atomic mass is 9.96. The summed E-state index contributed by atoms with van der Waals surface area (Å²) < 4.78 is 0.987. The van der Waals surface area contributed by atoms with Crippen LogP contribution in [0.3, 0.4) is 0 Å². The molecule has 1 aromatic rings. The summed E-state index contributed by atoms with van der Waals surface area (Å²) in [5.41, 5.74) is 7.24. The third-order valence-corrected chi connectivity index (χ3v) is 4.38. The zero-order valence-corrected chi connectivity index (χ0v) is 13.2. The van der Waals surface area contributed by atoms with E-state index < -0.39 is 5.54 Å². The summed E-state index contributed by atoms with van der Waals surface area (Å²) in [6.45, 7) is 6.02. The van der Waals surface area contributed by atoms with Gasteiger partial charge in [0, 0.05) is 31.2 Å². The Hall–Kier alpha value is -1.07. The molecule has 2 N–H and O–H groups in total. The van der Waals surface area contributed by atoms with Crippen LogP contribution in [-0.2, 0) is 11.3 Å². The molecule has 0 saturated carbocycles. The van der Waals surface area contributed by atoms with E-state index >= 15 is 0 Å². The largest absolute Gasteiger partial charge is 0.355 e. The summed E-state index contributed by atoms with van der Waals surface area (Å²) in [6, 6.07) is 6.07. The van der Waals surface area contributed by atoms with Gasteiger partial charge in [0.1, 0.15) is 5.54 Å². The second kappa shape index (κ2) is 5.13. The smallest absolute Gasteiger partial charge is 0.247 e. The normalized spacial score (nSPS) is 18.9. The number of piperazine rings is 1. The van der Waals surface area contributed by atoms with E-state index in [1.165, 1.54) is 0 Å². The number of halogens is 1. The van der Waals surface area contributed by atoms with Crippen LogP contribution in [0.4, 0.5) is 5.69 Å². The maximum absolute atomic E-state index is 12.3. The molecule has 0 spiro atoms. The van der Waals surface area contributed by atoms with Gasteiger partial charge in [0.15, 0.2) is 0 Å². The lowest BCUT2D eigenvalue weighted by Gasteiger charge is -2.46. The second-order valence-electron chi connectivity index (χ2n) is 5.43. The van der Waals surface area contributed by atoms with Gasteiger partial charge < -0.3 is 15.5 Å². The Morgan fingerprint density at radius 3 is 2.63 bits per heavy atom. The maximum atomic E-state index is 12.3. The predicted octanol–water partition coefficient (Wildman–Crippen LogP) is 1.96. The van der Waals surface area contributed by atoms with Crippen molar-refractivity contribution in [3.63, 3.8) is 0 Å². The zero-order valence-electron chi connectivity index (χ0n) is 11.6. The quantitative estimate of drug-likeness (QED) is 0.904. The Labute approximate surface area is 122 Å². The van der Waals surface area contributed by atoms with Crippen molar-refractivity contribution >= 4 is 27.5 Å². The molecule has 104 valence electrons. The number of rotatable bonds is 2. The highest BCUT2D eigenvalue weighted by atomic mass is 79.9. The minimum absolute atomic E-state index is 0.147. The minimum Gasteiger partial charge on any atom is -0.355 e.